The number of likely N-dealkylation sites (tertiary alicyclic amines) is 1. The standard InChI is InChI=1S/C29H29FN4O4/c30-20-5-7-22(17(11-20)13-31)19-14-33(15-19)24-3-1-2-4-26(24)38-21-6-8-23-18(12-21)16-34(29(23)37)25-9-10-27(35)32-28(25)36/h5-8,11-12,19,24-26H,1-4,9-10,14-16H2,(H,32,35,36)/t24-,25?,26+/m0/s1. The van der Waals surface area contributed by atoms with Crippen molar-refractivity contribution in [2.75, 3.05) is 13.1 Å². The predicted octanol–water partition coefficient (Wildman–Crippen LogP) is 3.25. The van der Waals surface area contributed by atoms with Gasteiger partial charge >= 0.3 is 0 Å². The number of nitrogens with zero attached hydrogens (tertiary/aromatic N) is 3. The number of benzene rings is 2. The second kappa shape index (κ2) is 9.84. The molecule has 0 radical (unpaired) electrons. The van der Waals surface area contributed by atoms with Gasteiger partial charge in [0, 0.05) is 43.6 Å². The highest BCUT2D eigenvalue weighted by Crippen LogP contribution is 2.37. The second-order valence-electron chi connectivity index (χ2n) is 10.7. The Morgan fingerprint density at radius 2 is 1.84 bits per heavy atom. The van der Waals surface area contributed by atoms with E-state index in [1.54, 1.807) is 17.0 Å². The van der Waals surface area contributed by atoms with E-state index in [9.17, 15) is 24.0 Å². The fourth-order valence-corrected chi connectivity index (χ4v) is 6.39. The number of amides is 3. The summed E-state index contributed by atoms with van der Waals surface area (Å²) in [6.07, 6.45) is 4.75. The number of rotatable bonds is 5. The predicted molar refractivity (Wildman–Crippen MR) is 135 cm³/mol. The molecule has 3 fully saturated rings. The van der Waals surface area contributed by atoms with Crippen LogP contribution in [0.4, 0.5) is 4.39 Å². The first kappa shape index (κ1) is 24.6. The van der Waals surface area contributed by atoms with Crippen molar-refractivity contribution in [2.45, 2.75) is 69.2 Å². The number of piperidine rings is 1. The average molecular weight is 517 g/mol. The number of carbonyl (C=O) groups excluding carboxylic acids is 3. The zero-order chi connectivity index (χ0) is 26.4. The summed E-state index contributed by atoms with van der Waals surface area (Å²) in [4.78, 5) is 40.8. The summed E-state index contributed by atoms with van der Waals surface area (Å²) in [5, 5.41) is 11.8. The number of hydrogen-bond acceptors (Lipinski definition) is 6. The largest absolute Gasteiger partial charge is 0.489 e. The summed E-state index contributed by atoms with van der Waals surface area (Å²) >= 11 is 0. The molecule has 2 saturated heterocycles. The molecule has 9 heteroatoms. The van der Waals surface area contributed by atoms with E-state index in [1.165, 1.54) is 12.1 Å². The zero-order valence-electron chi connectivity index (χ0n) is 21.0. The fraction of sp³-hybridized carbons (Fsp3) is 0.448. The van der Waals surface area contributed by atoms with Crippen molar-refractivity contribution in [3.8, 4) is 11.8 Å². The third-order valence-corrected chi connectivity index (χ3v) is 8.40. The molecule has 0 spiro atoms. The average Bonchev–Trinajstić information content (AvgIpc) is 3.20. The number of fused-ring (bicyclic) bond motifs is 1. The van der Waals surface area contributed by atoms with Gasteiger partial charge in [0.2, 0.25) is 11.8 Å². The number of nitriles is 1. The van der Waals surface area contributed by atoms with Crippen LogP contribution in [0.5, 0.6) is 5.75 Å². The molecule has 1 saturated carbocycles. The van der Waals surface area contributed by atoms with Crippen LogP contribution >= 0.6 is 0 Å². The lowest BCUT2D eigenvalue weighted by atomic mass is 9.83. The van der Waals surface area contributed by atoms with Crippen molar-refractivity contribution in [3.63, 3.8) is 0 Å². The van der Waals surface area contributed by atoms with E-state index in [2.05, 4.69) is 16.3 Å². The Bertz CT molecular complexity index is 1350. The van der Waals surface area contributed by atoms with Crippen molar-refractivity contribution >= 4 is 17.7 Å². The third kappa shape index (κ3) is 4.43. The van der Waals surface area contributed by atoms with Gasteiger partial charge in [-0.3, -0.25) is 24.6 Å². The van der Waals surface area contributed by atoms with Crippen molar-refractivity contribution in [1.29, 1.82) is 5.26 Å². The summed E-state index contributed by atoms with van der Waals surface area (Å²) in [6, 6.07) is 11.7. The van der Waals surface area contributed by atoms with E-state index in [0.717, 1.165) is 49.9 Å². The molecule has 3 heterocycles. The van der Waals surface area contributed by atoms with Gasteiger partial charge < -0.3 is 9.64 Å². The van der Waals surface area contributed by atoms with E-state index in [-0.39, 0.29) is 36.3 Å². The van der Waals surface area contributed by atoms with Gasteiger partial charge in [-0.15, -0.1) is 0 Å². The smallest absolute Gasteiger partial charge is 0.255 e. The third-order valence-electron chi connectivity index (χ3n) is 8.40. The highest BCUT2D eigenvalue weighted by atomic mass is 19.1. The molecular formula is C29H29FN4O4. The lowest BCUT2D eigenvalue weighted by molar-refractivity contribution is -0.136. The monoisotopic (exact) mass is 516 g/mol. The van der Waals surface area contributed by atoms with Crippen molar-refractivity contribution in [2.24, 2.45) is 0 Å². The molecule has 3 amide bonds. The summed E-state index contributed by atoms with van der Waals surface area (Å²) in [5.41, 5.74) is 2.71. The van der Waals surface area contributed by atoms with E-state index in [0.29, 0.717) is 29.8 Å². The molecule has 6 rings (SSSR count). The van der Waals surface area contributed by atoms with Gasteiger partial charge in [-0.25, -0.2) is 4.39 Å². The van der Waals surface area contributed by atoms with Gasteiger partial charge in [0.05, 0.1) is 11.6 Å². The molecule has 2 aromatic rings. The Kier molecular flexibility index (Phi) is 6.36. The fourth-order valence-electron chi connectivity index (χ4n) is 6.39. The van der Waals surface area contributed by atoms with Crippen LogP contribution in [0.3, 0.4) is 0 Å². The lowest BCUT2D eigenvalue weighted by Gasteiger charge is -2.48. The van der Waals surface area contributed by atoms with Crippen molar-refractivity contribution in [3.05, 3.63) is 64.5 Å². The maximum atomic E-state index is 13.6. The SMILES string of the molecule is N#Cc1cc(F)ccc1C1CN([C@H]2CCCC[C@H]2Oc2ccc3c(c2)CN(C2CCC(=O)NC2=O)C3=O)C1. The Hall–Kier alpha value is -3.77. The molecule has 8 nitrogen and oxygen atoms in total. The molecule has 0 aromatic heterocycles. The van der Waals surface area contributed by atoms with E-state index >= 15 is 0 Å². The number of halogens is 1. The zero-order valence-corrected chi connectivity index (χ0v) is 21.0. The molecule has 0 bridgehead atoms. The Labute approximate surface area is 220 Å². The first-order valence-corrected chi connectivity index (χ1v) is 13.3. The number of nitrogens with one attached hydrogen (secondary N) is 1. The van der Waals surface area contributed by atoms with Crippen molar-refractivity contribution < 1.29 is 23.5 Å². The lowest BCUT2D eigenvalue weighted by Crippen LogP contribution is -2.57. The number of ether oxygens (including phenoxy) is 1. The van der Waals surface area contributed by atoms with E-state index < -0.39 is 17.8 Å². The van der Waals surface area contributed by atoms with Gasteiger partial charge in [0.1, 0.15) is 23.7 Å². The normalized spacial score (nSPS) is 25.9. The highest BCUT2D eigenvalue weighted by Gasteiger charge is 2.41. The van der Waals surface area contributed by atoms with Crippen LogP contribution < -0.4 is 10.1 Å². The molecule has 3 aliphatic heterocycles. The quantitative estimate of drug-likeness (QED) is 0.612. The highest BCUT2D eigenvalue weighted by molar-refractivity contribution is 6.05. The maximum absolute atomic E-state index is 13.6. The van der Waals surface area contributed by atoms with Crippen LogP contribution in [0, 0.1) is 17.1 Å². The summed E-state index contributed by atoms with van der Waals surface area (Å²) in [5.74, 6) is -0.388. The molecule has 1 unspecified atom stereocenters. The van der Waals surface area contributed by atoms with Crippen LogP contribution in [0.25, 0.3) is 0 Å². The Morgan fingerprint density at radius 3 is 2.63 bits per heavy atom. The minimum Gasteiger partial charge on any atom is -0.489 e. The first-order chi connectivity index (χ1) is 18.4. The first-order valence-electron chi connectivity index (χ1n) is 13.3. The molecule has 4 aliphatic rings. The van der Waals surface area contributed by atoms with Gasteiger partial charge in [-0.1, -0.05) is 12.5 Å². The molecule has 1 N–H and O–H groups in total. The van der Waals surface area contributed by atoms with Gasteiger partial charge in [0.25, 0.3) is 5.91 Å². The Morgan fingerprint density at radius 1 is 1.03 bits per heavy atom. The maximum Gasteiger partial charge on any atom is 0.255 e. The number of carbonyl (C=O) groups is 3. The minimum atomic E-state index is -0.637. The molecule has 196 valence electrons. The molecule has 2 aromatic carbocycles. The van der Waals surface area contributed by atoms with Gasteiger partial charge in [-0.05, 0) is 67.1 Å². The molecule has 3 atom stereocenters. The van der Waals surface area contributed by atoms with Crippen LogP contribution in [0.2, 0.25) is 0 Å². The van der Waals surface area contributed by atoms with Gasteiger partial charge in [-0.2, -0.15) is 5.26 Å². The number of hydrogen-bond donors (Lipinski definition) is 1. The topological polar surface area (TPSA) is 103 Å². The molecule has 38 heavy (non-hydrogen) atoms. The summed E-state index contributed by atoms with van der Waals surface area (Å²) in [7, 11) is 0. The summed E-state index contributed by atoms with van der Waals surface area (Å²) in [6.45, 7) is 1.94. The second-order valence-corrected chi connectivity index (χ2v) is 10.7. The molecule has 1 aliphatic carbocycles. The van der Waals surface area contributed by atoms with E-state index in [1.807, 2.05) is 12.1 Å². The van der Waals surface area contributed by atoms with Crippen molar-refractivity contribution in [1.82, 2.24) is 15.1 Å². The van der Waals surface area contributed by atoms with Crippen LogP contribution in [0.15, 0.2) is 36.4 Å². The van der Waals surface area contributed by atoms with Crippen LogP contribution in [-0.4, -0.2) is 58.8 Å². The van der Waals surface area contributed by atoms with E-state index in [4.69, 9.17) is 4.74 Å². The minimum absolute atomic E-state index is 0.00903. The number of imide groups is 1. The van der Waals surface area contributed by atoms with Gasteiger partial charge in [0.15, 0.2) is 0 Å². The summed E-state index contributed by atoms with van der Waals surface area (Å²) < 4.78 is 20.1. The Balaban J connectivity index is 1.12. The molecular weight excluding hydrogens is 487 g/mol. The van der Waals surface area contributed by atoms with Crippen LogP contribution in [-0.2, 0) is 16.1 Å². The van der Waals surface area contributed by atoms with Crippen LogP contribution in [0.1, 0.15) is 71.5 Å².